The van der Waals surface area contributed by atoms with E-state index >= 15 is 0 Å². The Balaban J connectivity index is 1.68. The molecular weight excluding hydrogens is 464 g/mol. The van der Waals surface area contributed by atoms with Crippen molar-refractivity contribution >= 4 is 37.6 Å². The molecule has 10 heteroatoms. The topological polar surface area (TPSA) is 107 Å². The highest BCUT2D eigenvalue weighted by atomic mass is 79.9. The quantitative estimate of drug-likeness (QED) is 0.278. The summed E-state index contributed by atoms with van der Waals surface area (Å²) in [7, 11) is -3.89. The maximum absolute atomic E-state index is 13.0. The first-order chi connectivity index (χ1) is 13.7. The minimum Gasteiger partial charge on any atom is -0.426 e. The van der Waals surface area contributed by atoms with Gasteiger partial charge >= 0.3 is 5.97 Å². The molecule has 1 aliphatic rings. The number of halogens is 1. The summed E-state index contributed by atoms with van der Waals surface area (Å²) < 4.78 is 33.4. The van der Waals surface area contributed by atoms with Gasteiger partial charge in [0.05, 0.1) is 15.7 Å². The Labute approximate surface area is 176 Å². The van der Waals surface area contributed by atoms with Gasteiger partial charge in [0, 0.05) is 29.7 Å². The lowest BCUT2D eigenvalue weighted by Crippen LogP contribution is -2.41. The molecular formula is C19H19BrN2O6S. The molecule has 2 aromatic carbocycles. The van der Waals surface area contributed by atoms with Gasteiger partial charge in [-0.1, -0.05) is 22.0 Å². The molecule has 0 unspecified atom stereocenters. The van der Waals surface area contributed by atoms with Crippen molar-refractivity contribution in [1.82, 2.24) is 4.31 Å². The summed E-state index contributed by atoms with van der Waals surface area (Å²) >= 11 is 3.31. The lowest BCUT2D eigenvalue weighted by atomic mass is 9.98. The molecule has 0 radical (unpaired) electrons. The highest BCUT2D eigenvalue weighted by molar-refractivity contribution is 9.10. The average molecular weight is 483 g/mol. The monoisotopic (exact) mass is 482 g/mol. The van der Waals surface area contributed by atoms with E-state index in [1.807, 2.05) is 0 Å². The van der Waals surface area contributed by atoms with E-state index in [0.717, 1.165) is 10.5 Å². The van der Waals surface area contributed by atoms with E-state index in [0.29, 0.717) is 24.2 Å². The SMILES string of the molecule is Cc1ccc([N+](=O)[O-])cc1S(=O)(=O)N1CCC(C(=O)Oc2ccc(Br)cc2)CC1. The van der Waals surface area contributed by atoms with Gasteiger partial charge in [0.2, 0.25) is 10.0 Å². The van der Waals surface area contributed by atoms with Gasteiger partial charge in [-0.15, -0.1) is 0 Å². The van der Waals surface area contributed by atoms with E-state index in [2.05, 4.69) is 15.9 Å². The highest BCUT2D eigenvalue weighted by Crippen LogP contribution is 2.29. The number of hydrogen-bond donors (Lipinski definition) is 0. The zero-order valence-electron chi connectivity index (χ0n) is 15.6. The summed E-state index contributed by atoms with van der Waals surface area (Å²) in [6.07, 6.45) is 0.644. The Morgan fingerprint density at radius 2 is 1.79 bits per heavy atom. The number of rotatable bonds is 5. The summed E-state index contributed by atoms with van der Waals surface area (Å²) in [5.74, 6) is -0.368. The largest absolute Gasteiger partial charge is 0.426 e. The first-order valence-electron chi connectivity index (χ1n) is 8.91. The molecule has 0 aliphatic carbocycles. The Morgan fingerprint density at radius 1 is 1.17 bits per heavy atom. The van der Waals surface area contributed by atoms with E-state index in [9.17, 15) is 23.3 Å². The van der Waals surface area contributed by atoms with Crippen molar-refractivity contribution in [1.29, 1.82) is 0 Å². The molecule has 1 aliphatic heterocycles. The van der Waals surface area contributed by atoms with Crippen LogP contribution in [-0.4, -0.2) is 36.7 Å². The smallest absolute Gasteiger partial charge is 0.314 e. The van der Waals surface area contributed by atoms with E-state index in [4.69, 9.17) is 4.74 Å². The van der Waals surface area contributed by atoms with Gasteiger partial charge in [-0.25, -0.2) is 8.42 Å². The number of carbonyl (C=O) groups excluding carboxylic acids is 1. The number of nitrogens with zero attached hydrogens (tertiary/aromatic N) is 2. The van der Waals surface area contributed by atoms with Gasteiger partial charge in [-0.05, 0) is 49.6 Å². The molecule has 3 rings (SSSR count). The zero-order valence-corrected chi connectivity index (χ0v) is 18.0. The van der Waals surface area contributed by atoms with Crippen LogP contribution in [0.25, 0.3) is 0 Å². The molecule has 1 heterocycles. The van der Waals surface area contributed by atoms with Crippen LogP contribution in [0.2, 0.25) is 0 Å². The highest BCUT2D eigenvalue weighted by Gasteiger charge is 2.34. The molecule has 1 fully saturated rings. The minimum absolute atomic E-state index is 0.0809. The van der Waals surface area contributed by atoms with E-state index in [-0.39, 0.29) is 23.7 Å². The van der Waals surface area contributed by atoms with Gasteiger partial charge in [-0.3, -0.25) is 14.9 Å². The number of ether oxygens (including phenoxy) is 1. The lowest BCUT2D eigenvalue weighted by molar-refractivity contribution is -0.385. The van der Waals surface area contributed by atoms with Crippen LogP contribution in [0.5, 0.6) is 5.75 Å². The molecule has 0 aromatic heterocycles. The second-order valence-electron chi connectivity index (χ2n) is 6.76. The number of non-ortho nitro benzene ring substituents is 1. The van der Waals surface area contributed by atoms with Crippen molar-refractivity contribution < 1.29 is 22.9 Å². The number of nitro groups is 1. The molecule has 29 heavy (non-hydrogen) atoms. The molecule has 8 nitrogen and oxygen atoms in total. The third-order valence-corrected chi connectivity index (χ3v) is 7.39. The standard InChI is InChI=1S/C19H19BrN2O6S/c1-13-2-5-16(22(24)25)12-18(13)29(26,27)21-10-8-14(9-11-21)19(23)28-17-6-3-15(20)4-7-17/h2-7,12,14H,8-11H2,1H3. The Bertz CT molecular complexity index is 1030. The summed E-state index contributed by atoms with van der Waals surface area (Å²) in [4.78, 5) is 22.7. The number of carbonyl (C=O) groups is 1. The second kappa shape index (κ2) is 8.60. The second-order valence-corrected chi connectivity index (χ2v) is 9.58. The normalized spacial score (nSPS) is 15.8. The van der Waals surface area contributed by atoms with Crippen LogP contribution >= 0.6 is 15.9 Å². The average Bonchev–Trinajstić information content (AvgIpc) is 2.69. The Kier molecular flexibility index (Phi) is 6.35. The maximum atomic E-state index is 13.0. The van der Waals surface area contributed by atoms with E-state index < -0.39 is 26.8 Å². The summed E-state index contributed by atoms with van der Waals surface area (Å²) in [5, 5.41) is 11.0. The number of hydrogen-bond acceptors (Lipinski definition) is 6. The third kappa shape index (κ3) is 4.82. The van der Waals surface area contributed by atoms with E-state index in [1.165, 1.54) is 16.4 Å². The van der Waals surface area contributed by atoms with Crippen LogP contribution in [0.15, 0.2) is 51.8 Å². The molecule has 0 amide bonds. The number of sulfonamides is 1. The van der Waals surface area contributed by atoms with Crippen molar-refractivity contribution in [2.24, 2.45) is 5.92 Å². The van der Waals surface area contributed by atoms with Crippen LogP contribution in [0, 0.1) is 23.0 Å². The van der Waals surface area contributed by atoms with Crippen molar-refractivity contribution in [3.8, 4) is 5.75 Å². The van der Waals surface area contributed by atoms with Gasteiger partial charge in [0.1, 0.15) is 5.75 Å². The summed E-state index contributed by atoms with van der Waals surface area (Å²) in [6, 6.07) is 10.7. The molecule has 2 aromatic rings. The number of aryl methyl sites for hydroxylation is 1. The van der Waals surface area contributed by atoms with Gasteiger partial charge in [0.15, 0.2) is 0 Å². The summed E-state index contributed by atoms with van der Waals surface area (Å²) in [6.45, 7) is 1.88. The molecule has 0 saturated carbocycles. The first-order valence-corrected chi connectivity index (χ1v) is 11.1. The number of benzene rings is 2. The molecule has 0 spiro atoms. The summed E-state index contributed by atoms with van der Waals surface area (Å²) in [5.41, 5.74) is 0.162. The zero-order chi connectivity index (χ0) is 21.2. The van der Waals surface area contributed by atoms with Crippen LogP contribution in [0.3, 0.4) is 0 Å². The number of piperidine rings is 1. The first kappa shape index (κ1) is 21.4. The predicted molar refractivity (Wildman–Crippen MR) is 109 cm³/mol. The molecule has 1 saturated heterocycles. The van der Waals surface area contributed by atoms with Crippen LogP contribution in [0.1, 0.15) is 18.4 Å². The number of nitro benzene ring substituents is 1. The fourth-order valence-electron chi connectivity index (χ4n) is 3.15. The molecule has 154 valence electrons. The maximum Gasteiger partial charge on any atom is 0.314 e. The van der Waals surface area contributed by atoms with Crippen molar-refractivity contribution in [3.63, 3.8) is 0 Å². The lowest BCUT2D eigenvalue weighted by Gasteiger charge is -2.30. The molecule has 0 N–H and O–H groups in total. The van der Waals surface area contributed by atoms with Crippen LogP contribution in [0.4, 0.5) is 5.69 Å². The van der Waals surface area contributed by atoms with Crippen molar-refractivity contribution in [2.45, 2.75) is 24.7 Å². The van der Waals surface area contributed by atoms with Crippen molar-refractivity contribution in [2.75, 3.05) is 13.1 Å². The third-order valence-electron chi connectivity index (χ3n) is 4.82. The molecule has 0 atom stereocenters. The Hall–Kier alpha value is -2.30. The van der Waals surface area contributed by atoms with Gasteiger partial charge < -0.3 is 4.74 Å². The Morgan fingerprint density at radius 3 is 2.38 bits per heavy atom. The van der Waals surface area contributed by atoms with Crippen LogP contribution < -0.4 is 4.74 Å². The van der Waals surface area contributed by atoms with Gasteiger partial charge in [0.25, 0.3) is 5.69 Å². The minimum atomic E-state index is -3.89. The van der Waals surface area contributed by atoms with Crippen LogP contribution in [-0.2, 0) is 14.8 Å². The fourth-order valence-corrected chi connectivity index (χ4v) is 5.13. The molecule has 0 bridgehead atoms. The number of esters is 1. The fraction of sp³-hybridized carbons (Fsp3) is 0.316. The van der Waals surface area contributed by atoms with Gasteiger partial charge in [-0.2, -0.15) is 4.31 Å². The van der Waals surface area contributed by atoms with E-state index in [1.54, 1.807) is 31.2 Å². The predicted octanol–water partition coefficient (Wildman–Crippen LogP) is 3.67. The van der Waals surface area contributed by atoms with Crippen molar-refractivity contribution in [3.05, 3.63) is 62.6 Å².